The van der Waals surface area contributed by atoms with E-state index in [0.717, 1.165) is 26.1 Å². The maximum absolute atomic E-state index is 5.54. The predicted octanol–water partition coefficient (Wildman–Crippen LogP) is 4.16. The Morgan fingerprint density at radius 1 is 1.19 bits per heavy atom. The van der Waals surface area contributed by atoms with Gasteiger partial charge in [-0.2, -0.15) is 0 Å². The van der Waals surface area contributed by atoms with E-state index in [2.05, 4.69) is 20.4 Å². The van der Waals surface area contributed by atoms with Crippen molar-refractivity contribution in [2.45, 2.75) is 59.7 Å². The Hall–Kier alpha value is -0.340. The van der Waals surface area contributed by atoms with Crippen LogP contribution in [0.4, 0.5) is 0 Å². The highest BCUT2D eigenvalue weighted by atomic mass is 16.7. The van der Waals surface area contributed by atoms with Crippen LogP contribution in [-0.4, -0.2) is 19.5 Å². The maximum atomic E-state index is 5.54. The van der Waals surface area contributed by atoms with E-state index in [1.165, 1.54) is 18.4 Å². The second-order valence-electron chi connectivity index (χ2n) is 4.53. The summed E-state index contributed by atoms with van der Waals surface area (Å²) in [5.41, 5.74) is 1.28. The first-order valence-electron chi connectivity index (χ1n) is 6.47. The average molecular weight is 228 g/mol. The summed E-state index contributed by atoms with van der Waals surface area (Å²) < 4.78 is 11.1. The molecule has 0 rings (SSSR count). The molecule has 0 heterocycles. The summed E-state index contributed by atoms with van der Waals surface area (Å²) in [5, 5.41) is 0. The number of ether oxygens (including phenoxy) is 2. The van der Waals surface area contributed by atoms with Gasteiger partial charge in [0.25, 0.3) is 0 Å². The predicted molar refractivity (Wildman–Crippen MR) is 69.5 cm³/mol. The first kappa shape index (κ1) is 15.7. The molecule has 0 fully saturated rings. The highest BCUT2D eigenvalue weighted by Gasteiger charge is 2.12. The molecule has 16 heavy (non-hydrogen) atoms. The van der Waals surface area contributed by atoms with Gasteiger partial charge in [-0.1, -0.05) is 18.9 Å². The minimum atomic E-state index is -0.0187. The van der Waals surface area contributed by atoms with Crippen molar-refractivity contribution < 1.29 is 9.47 Å². The molecule has 0 aromatic rings. The molecule has 0 spiro atoms. The molecule has 0 aromatic carbocycles. The van der Waals surface area contributed by atoms with Gasteiger partial charge < -0.3 is 9.47 Å². The molecule has 1 atom stereocenters. The quantitative estimate of drug-likeness (QED) is 0.413. The van der Waals surface area contributed by atoms with Gasteiger partial charge >= 0.3 is 0 Å². The molecule has 0 aliphatic rings. The SMILES string of the molecule is C=C(C)CCCC(C)CC(OCC)OCC. The monoisotopic (exact) mass is 228 g/mol. The molecule has 0 bridgehead atoms. The second-order valence-corrected chi connectivity index (χ2v) is 4.53. The Balaban J connectivity index is 3.71. The summed E-state index contributed by atoms with van der Waals surface area (Å²) in [5.74, 6) is 0.655. The lowest BCUT2D eigenvalue weighted by Gasteiger charge is -2.20. The summed E-state index contributed by atoms with van der Waals surface area (Å²) in [4.78, 5) is 0. The Bertz CT molecular complexity index is 172. The normalized spacial score (nSPS) is 13.1. The van der Waals surface area contributed by atoms with Crippen molar-refractivity contribution in [3.8, 4) is 0 Å². The number of hydrogen-bond donors (Lipinski definition) is 0. The highest BCUT2D eigenvalue weighted by Crippen LogP contribution is 2.18. The summed E-state index contributed by atoms with van der Waals surface area (Å²) >= 11 is 0. The van der Waals surface area contributed by atoms with Gasteiger partial charge in [0.15, 0.2) is 6.29 Å². The average Bonchev–Trinajstić information content (AvgIpc) is 2.17. The van der Waals surface area contributed by atoms with Crippen molar-refractivity contribution in [3.63, 3.8) is 0 Å². The molecule has 0 aliphatic heterocycles. The molecule has 0 aliphatic carbocycles. The maximum Gasteiger partial charge on any atom is 0.157 e. The lowest BCUT2D eigenvalue weighted by molar-refractivity contribution is -0.145. The Morgan fingerprint density at radius 3 is 2.19 bits per heavy atom. The van der Waals surface area contributed by atoms with Crippen LogP contribution in [0.1, 0.15) is 53.4 Å². The third-order valence-electron chi connectivity index (χ3n) is 2.60. The fourth-order valence-electron chi connectivity index (χ4n) is 1.75. The van der Waals surface area contributed by atoms with E-state index in [4.69, 9.17) is 9.47 Å². The number of rotatable bonds is 10. The van der Waals surface area contributed by atoms with Gasteiger partial charge in [-0.25, -0.2) is 0 Å². The molecule has 0 saturated heterocycles. The largest absolute Gasteiger partial charge is 0.353 e. The zero-order valence-electron chi connectivity index (χ0n) is 11.4. The molecule has 2 heteroatoms. The molecule has 0 aromatic heterocycles. The molecule has 0 N–H and O–H groups in total. The molecular formula is C14H28O2. The van der Waals surface area contributed by atoms with Crippen LogP contribution in [0.2, 0.25) is 0 Å². The molecule has 0 amide bonds. The second kappa shape index (κ2) is 9.86. The van der Waals surface area contributed by atoms with Crippen LogP contribution in [0.15, 0.2) is 12.2 Å². The van der Waals surface area contributed by atoms with Crippen molar-refractivity contribution >= 4 is 0 Å². The van der Waals surface area contributed by atoms with Crippen LogP contribution in [0.25, 0.3) is 0 Å². The zero-order chi connectivity index (χ0) is 12.4. The van der Waals surface area contributed by atoms with Crippen molar-refractivity contribution in [3.05, 3.63) is 12.2 Å². The third-order valence-corrected chi connectivity index (χ3v) is 2.60. The van der Waals surface area contributed by atoms with E-state index in [1.807, 2.05) is 13.8 Å². The van der Waals surface area contributed by atoms with E-state index >= 15 is 0 Å². The highest BCUT2D eigenvalue weighted by molar-refractivity contribution is 4.87. The van der Waals surface area contributed by atoms with E-state index < -0.39 is 0 Å². The van der Waals surface area contributed by atoms with Crippen molar-refractivity contribution in [1.82, 2.24) is 0 Å². The molecule has 1 unspecified atom stereocenters. The lowest BCUT2D eigenvalue weighted by Crippen LogP contribution is -2.20. The summed E-state index contributed by atoms with van der Waals surface area (Å²) in [7, 11) is 0. The van der Waals surface area contributed by atoms with E-state index in [1.54, 1.807) is 0 Å². The Labute approximate surface area is 101 Å². The standard InChI is InChI=1S/C14H28O2/c1-6-15-14(16-7-2)11-13(5)10-8-9-12(3)4/h13-14H,3,6-11H2,1-2,4-5H3. The first-order valence-corrected chi connectivity index (χ1v) is 6.47. The topological polar surface area (TPSA) is 18.5 Å². The van der Waals surface area contributed by atoms with E-state index in [0.29, 0.717) is 5.92 Å². The smallest absolute Gasteiger partial charge is 0.157 e. The van der Waals surface area contributed by atoms with Gasteiger partial charge in [0.1, 0.15) is 0 Å². The van der Waals surface area contributed by atoms with Crippen molar-refractivity contribution in [2.75, 3.05) is 13.2 Å². The van der Waals surface area contributed by atoms with Crippen molar-refractivity contribution in [2.24, 2.45) is 5.92 Å². The number of hydrogen-bond acceptors (Lipinski definition) is 2. The van der Waals surface area contributed by atoms with Crippen LogP contribution in [0.3, 0.4) is 0 Å². The van der Waals surface area contributed by atoms with E-state index in [9.17, 15) is 0 Å². The van der Waals surface area contributed by atoms with Gasteiger partial charge in [-0.3, -0.25) is 0 Å². The van der Waals surface area contributed by atoms with Crippen LogP contribution < -0.4 is 0 Å². The van der Waals surface area contributed by atoms with Crippen LogP contribution in [-0.2, 0) is 9.47 Å². The molecule has 0 saturated carbocycles. The summed E-state index contributed by atoms with van der Waals surface area (Å²) in [6.07, 6.45) is 4.57. The minimum absolute atomic E-state index is 0.0187. The van der Waals surface area contributed by atoms with Gasteiger partial charge in [0.05, 0.1) is 0 Å². The lowest BCUT2D eigenvalue weighted by atomic mass is 9.99. The van der Waals surface area contributed by atoms with Gasteiger partial charge in [-0.05, 0) is 39.5 Å². The summed E-state index contributed by atoms with van der Waals surface area (Å²) in [6, 6.07) is 0. The van der Waals surface area contributed by atoms with Crippen molar-refractivity contribution in [1.29, 1.82) is 0 Å². The Morgan fingerprint density at radius 2 is 1.75 bits per heavy atom. The fourth-order valence-corrected chi connectivity index (χ4v) is 1.75. The molecule has 2 nitrogen and oxygen atoms in total. The molecular weight excluding hydrogens is 200 g/mol. The minimum Gasteiger partial charge on any atom is -0.353 e. The fraction of sp³-hybridized carbons (Fsp3) is 0.857. The molecule has 96 valence electrons. The van der Waals surface area contributed by atoms with Gasteiger partial charge in [-0.15, -0.1) is 6.58 Å². The number of allylic oxidation sites excluding steroid dienone is 1. The zero-order valence-corrected chi connectivity index (χ0v) is 11.4. The molecule has 0 radical (unpaired) electrons. The van der Waals surface area contributed by atoms with Crippen LogP contribution >= 0.6 is 0 Å². The third kappa shape index (κ3) is 8.93. The van der Waals surface area contributed by atoms with Gasteiger partial charge in [0.2, 0.25) is 0 Å². The van der Waals surface area contributed by atoms with Crippen LogP contribution in [0.5, 0.6) is 0 Å². The first-order chi connectivity index (χ1) is 7.60. The van der Waals surface area contributed by atoms with Crippen LogP contribution in [0, 0.1) is 5.92 Å². The Kier molecular flexibility index (Phi) is 9.65. The van der Waals surface area contributed by atoms with E-state index in [-0.39, 0.29) is 6.29 Å². The summed E-state index contributed by atoms with van der Waals surface area (Å²) in [6.45, 7) is 13.8. The van der Waals surface area contributed by atoms with Gasteiger partial charge in [0, 0.05) is 19.6 Å².